The molecule has 25 nitrogen and oxygen atoms in total. The van der Waals surface area contributed by atoms with Gasteiger partial charge in [-0.1, -0.05) is 109 Å². The Bertz CT molecular complexity index is 2420. The maximum atomic E-state index is 15.2. The maximum Gasteiger partial charge on any atom is 0.273 e. The monoisotopic (exact) mass is 1260 g/mol. The maximum absolute atomic E-state index is 15.2. The highest BCUT2D eigenvalue weighted by Crippen LogP contribution is 2.26. The summed E-state index contributed by atoms with van der Waals surface area (Å²) >= 11 is 0. The standard InChI is InChI=1S/C64H116N12O13/c1-25-27-28-41(15)52(77)51-56(81)68-44(26-2)58(83)76(24)64(89-30-29-65)63(88)71(19)46(32-36(5)6)55(80)69-49(39(11)12)61(86)70(18)45(31-35(3)4)54(79)66-42(16)53(78)67-43(17)57(82)72(20)47(33-37(7)8)59(84)73(21)48(34-38(9)10)60(85)74(22)50(40(13)14)62(87)75(51)23/h25,27,35-52,64,77H,26,28-34,65H2,1-24H3,(H,66,79)(H,67,78)(H,68,81)(H,69,80)/b27-25+/t41-,42+,43-,44+,45+,46+,47+,48+,49+,50+,51+,52-,64-/m1/s1. The van der Waals surface area contributed by atoms with Crippen LogP contribution in [0.1, 0.15) is 156 Å². The predicted molar refractivity (Wildman–Crippen MR) is 342 cm³/mol. The zero-order chi connectivity index (χ0) is 69.0. The van der Waals surface area contributed by atoms with Crippen molar-refractivity contribution in [3.05, 3.63) is 12.2 Å². The van der Waals surface area contributed by atoms with E-state index in [4.69, 9.17) is 10.5 Å². The first kappa shape index (κ1) is 80.8. The van der Waals surface area contributed by atoms with E-state index in [-0.39, 0.29) is 75.3 Å². The number of likely N-dealkylation sites (N-methyl/N-ethyl adjacent to an activating group) is 7. The number of aliphatic hydroxyl groups is 1. The quantitative estimate of drug-likeness (QED) is 0.108. The fraction of sp³-hybridized carbons (Fsp3) is 0.797. The fourth-order valence-electron chi connectivity index (χ4n) is 11.1. The fourth-order valence-corrected chi connectivity index (χ4v) is 11.1. The lowest BCUT2D eigenvalue weighted by Crippen LogP contribution is -2.64. The summed E-state index contributed by atoms with van der Waals surface area (Å²) in [4.78, 5) is 170. The highest BCUT2D eigenvalue weighted by atomic mass is 16.5. The van der Waals surface area contributed by atoms with Crippen LogP contribution in [0.15, 0.2) is 12.2 Å². The molecule has 0 saturated carbocycles. The molecule has 510 valence electrons. The average molecular weight is 1260 g/mol. The predicted octanol–water partition coefficient (Wildman–Crippen LogP) is 2.57. The molecule has 25 heteroatoms. The number of amides is 11. The number of rotatable bonds is 18. The first-order valence-corrected chi connectivity index (χ1v) is 31.9. The van der Waals surface area contributed by atoms with E-state index in [1.165, 1.54) is 82.8 Å². The summed E-state index contributed by atoms with van der Waals surface area (Å²) < 4.78 is 5.99. The van der Waals surface area contributed by atoms with E-state index in [1.54, 1.807) is 60.6 Å². The number of allylic oxidation sites excluding steroid dienone is 2. The molecule has 1 rings (SSSR count). The molecule has 1 aliphatic rings. The van der Waals surface area contributed by atoms with Crippen molar-refractivity contribution in [1.82, 2.24) is 55.6 Å². The minimum Gasteiger partial charge on any atom is -0.390 e. The van der Waals surface area contributed by atoms with Crippen molar-refractivity contribution in [2.45, 2.75) is 229 Å². The Morgan fingerprint density at radius 1 is 0.472 bits per heavy atom. The van der Waals surface area contributed by atoms with Crippen LogP contribution in [-0.4, -0.2) is 240 Å². The van der Waals surface area contributed by atoms with Crippen molar-refractivity contribution < 1.29 is 62.6 Å². The second-order valence-corrected chi connectivity index (χ2v) is 26.8. The lowest BCUT2D eigenvalue weighted by Gasteiger charge is -2.41. The van der Waals surface area contributed by atoms with Crippen LogP contribution in [0.5, 0.6) is 0 Å². The highest BCUT2D eigenvalue weighted by Gasteiger charge is 2.46. The summed E-state index contributed by atoms with van der Waals surface area (Å²) in [5.41, 5.74) is 5.89. The molecule has 1 aliphatic heterocycles. The van der Waals surface area contributed by atoms with Crippen LogP contribution in [0.25, 0.3) is 0 Å². The lowest BCUT2D eigenvalue weighted by atomic mass is 9.91. The number of nitrogens with one attached hydrogen (secondary N) is 4. The molecule has 7 N–H and O–H groups in total. The summed E-state index contributed by atoms with van der Waals surface area (Å²) in [6.07, 6.45) is 1.02. The van der Waals surface area contributed by atoms with Gasteiger partial charge in [0.05, 0.1) is 12.7 Å². The minimum atomic E-state index is -1.72. The lowest BCUT2D eigenvalue weighted by molar-refractivity contribution is -0.167. The van der Waals surface area contributed by atoms with Gasteiger partial charge < -0.3 is 71.1 Å². The minimum absolute atomic E-state index is 0.0569. The summed E-state index contributed by atoms with van der Waals surface area (Å²) in [6, 6.07) is -12.8. The van der Waals surface area contributed by atoms with Crippen LogP contribution in [0.4, 0.5) is 0 Å². The highest BCUT2D eigenvalue weighted by molar-refractivity contribution is 6.00. The molecule has 89 heavy (non-hydrogen) atoms. The summed E-state index contributed by atoms with van der Waals surface area (Å²) in [6.45, 7) is 29.3. The van der Waals surface area contributed by atoms with Gasteiger partial charge in [0.1, 0.15) is 60.4 Å². The second-order valence-electron chi connectivity index (χ2n) is 26.8. The molecule has 0 aromatic heterocycles. The van der Waals surface area contributed by atoms with Gasteiger partial charge in [-0.2, -0.15) is 0 Å². The van der Waals surface area contributed by atoms with E-state index in [0.29, 0.717) is 0 Å². The third-order valence-electron chi connectivity index (χ3n) is 16.6. The molecule has 0 radical (unpaired) electrons. The Morgan fingerprint density at radius 3 is 1.33 bits per heavy atom. The van der Waals surface area contributed by atoms with Gasteiger partial charge in [0, 0.05) is 55.9 Å². The Balaban J connectivity index is 4.48. The van der Waals surface area contributed by atoms with Gasteiger partial charge >= 0.3 is 0 Å². The Hall–Kier alpha value is -6.21. The molecule has 0 aliphatic carbocycles. The van der Waals surface area contributed by atoms with Gasteiger partial charge in [-0.15, -0.1) is 0 Å². The topological polar surface area (TPSA) is 314 Å². The third kappa shape index (κ3) is 22.6. The number of carbonyl (C=O) groups is 11. The van der Waals surface area contributed by atoms with Crippen LogP contribution < -0.4 is 27.0 Å². The number of hydrogen-bond acceptors (Lipinski definition) is 14. The van der Waals surface area contributed by atoms with Gasteiger partial charge in [-0.3, -0.25) is 52.7 Å². The van der Waals surface area contributed by atoms with Crippen molar-refractivity contribution in [1.29, 1.82) is 0 Å². The van der Waals surface area contributed by atoms with Gasteiger partial charge in [0.2, 0.25) is 65.3 Å². The van der Waals surface area contributed by atoms with E-state index in [1.807, 2.05) is 55.4 Å². The average Bonchev–Trinajstić information content (AvgIpc) is 2.43. The van der Waals surface area contributed by atoms with Gasteiger partial charge in [-0.05, 0) is 101 Å². The molecule has 0 spiro atoms. The van der Waals surface area contributed by atoms with Gasteiger partial charge in [0.25, 0.3) is 5.91 Å². The molecule has 1 heterocycles. The zero-order valence-electron chi connectivity index (χ0n) is 58.3. The van der Waals surface area contributed by atoms with Crippen molar-refractivity contribution >= 4 is 65.0 Å². The van der Waals surface area contributed by atoms with Crippen molar-refractivity contribution in [2.24, 2.45) is 47.2 Å². The molecule has 1 fully saturated rings. The van der Waals surface area contributed by atoms with Crippen LogP contribution in [0, 0.1) is 41.4 Å². The van der Waals surface area contributed by atoms with Crippen LogP contribution in [-0.2, 0) is 57.5 Å². The second kappa shape index (κ2) is 37.2. The number of carbonyl (C=O) groups excluding carboxylic acids is 11. The molecule has 0 unspecified atom stereocenters. The smallest absolute Gasteiger partial charge is 0.273 e. The molecule has 13 atom stereocenters. The van der Waals surface area contributed by atoms with Gasteiger partial charge in [-0.25, -0.2) is 0 Å². The molecule has 0 bridgehead atoms. The van der Waals surface area contributed by atoms with Crippen LogP contribution in [0.3, 0.4) is 0 Å². The SMILES string of the molecule is C/C=C/C[C@@H](C)[C@@H](O)[C@H]1C(=O)N[C@@H](CC)C(=O)N(C)[C@H](OCCN)C(=O)N(C)[C@@H](CC(C)C)C(=O)N[C@@H](C(C)C)C(=O)N(C)[C@@H](CC(C)C)C(=O)N[C@@H](C)C(=O)N[C@H](C)C(=O)N(C)[C@@H](CC(C)C)C(=O)N(C)[C@@H](CC(C)C)C(=O)N(C)[C@@H](C(C)C)C(=O)N1C. The molecular formula is C64H116N12O13. The molecule has 11 amide bonds. The molecule has 0 aromatic carbocycles. The number of hydrogen-bond donors (Lipinski definition) is 6. The van der Waals surface area contributed by atoms with Crippen LogP contribution in [0.2, 0.25) is 0 Å². The Morgan fingerprint density at radius 2 is 0.888 bits per heavy atom. The number of ether oxygens (including phenoxy) is 1. The largest absolute Gasteiger partial charge is 0.390 e. The first-order valence-electron chi connectivity index (χ1n) is 31.9. The number of nitrogens with two attached hydrogens (primary N) is 1. The van der Waals surface area contributed by atoms with Crippen molar-refractivity contribution in [2.75, 3.05) is 62.5 Å². The van der Waals surface area contributed by atoms with E-state index < -0.39 is 155 Å². The summed E-state index contributed by atoms with van der Waals surface area (Å²) in [5.74, 6) is -10.5. The van der Waals surface area contributed by atoms with E-state index in [9.17, 15) is 38.7 Å². The van der Waals surface area contributed by atoms with Crippen molar-refractivity contribution in [3.63, 3.8) is 0 Å². The Kier molecular flexibility index (Phi) is 33.8. The van der Waals surface area contributed by atoms with Crippen molar-refractivity contribution in [3.8, 4) is 0 Å². The third-order valence-corrected chi connectivity index (χ3v) is 16.6. The summed E-state index contributed by atoms with van der Waals surface area (Å²) in [7, 11) is 9.72. The normalized spacial score (nSPS) is 27.1. The summed E-state index contributed by atoms with van der Waals surface area (Å²) in [5, 5.41) is 23.2. The van der Waals surface area contributed by atoms with Gasteiger partial charge in [0.15, 0.2) is 0 Å². The number of nitrogens with zero attached hydrogens (tertiary/aromatic N) is 7. The van der Waals surface area contributed by atoms with E-state index >= 15 is 19.2 Å². The Labute approximate surface area is 532 Å². The first-order chi connectivity index (χ1) is 41.2. The molecular weight excluding hydrogens is 1140 g/mol. The zero-order valence-corrected chi connectivity index (χ0v) is 58.3. The van der Waals surface area contributed by atoms with Crippen LogP contribution >= 0.6 is 0 Å². The molecule has 0 aromatic rings. The number of aliphatic hydroxyl groups excluding tert-OH is 1. The molecule has 1 saturated heterocycles. The van der Waals surface area contributed by atoms with E-state index in [0.717, 1.165) is 14.7 Å². The van der Waals surface area contributed by atoms with E-state index in [2.05, 4.69) is 21.3 Å².